The van der Waals surface area contributed by atoms with Crippen LogP contribution in [0.3, 0.4) is 0 Å². The Kier molecular flexibility index (Phi) is 5.17. The van der Waals surface area contributed by atoms with E-state index in [1.54, 1.807) is 16.7 Å². The van der Waals surface area contributed by atoms with Crippen LogP contribution in [-0.4, -0.2) is 45.9 Å². The van der Waals surface area contributed by atoms with Gasteiger partial charge in [-0.2, -0.15) is 0 Å². The summed E-state index contributed by atoms with van der Waals surface area (Å²) in [5.41, 5.74) is 1.15. The summed E-state index contributed by atoms with van der Waals surface area (Å²) in [5.74, 6) is -1.61. The van der Waals surface area contributed by atoms with Gasteiger partial charge in [-0.1, -0.05) is 12.1 Å². The largest absolute Gasteiger partial charge is 0.479 e. The average Bonchev–Trinajstić information content (AvgIpc) is 2.79. The predicted octanol–water partition coefficient (Wildman–Crippen LogP) is 0.0387. The highest BCUT2D eigenvalue weighted by Crippen LogP contribution is 2.12. The van der Waals surface area contributed by atoms with Crippen LogP contribution in [0.25, 0.3) is 11.0 Å². The number of benzene rings is 1. The summed E-state index contributed by atoms with van der Waals surface area (Å²) >= 11 is 0. The van der Waals surface area contributed by atoms with Crippen molar-refractivity contribution in [1.82, 2.24) is 14.5 Å². The van der Waals surface area contributed by atoms with Crippen LogP contribution < -0.4 is 11.0 Å². The summed E-state index contributed by atoms with van der Waals surface area (Å²) < 4.78 is 7.69. The number of para-hydroxylation sites is 2. The van der Waals surface area contributed by atoms with Crippen LogP contribution in [-0.2, 0) is 27.4 Å². The maximum Gasteiger partial charge on any atom is 0.334 e. The molecule has 2 aromatic rings. The van der Waals surface area contributed by atoms with Crippen LogP contribution in [0.15, 0.2) is 29.1 Å². The fraction of sp³-hybridized carbons (Fsp3) is 0.400. The number of rotatable bonds is 7. The first-order chi connectivity index (χ1) is 11.0. The van der Waals surface area contributed by atoms with Crippen LogP contribution in [0, 0.1) is 0 Å². The molecule has 2 N–H and O–H groups in total. The van der Waals surface area contributed by atoms with E-state index in [0.29, 0.717) is 12.1 Å². The third-order valence-electron chi connectivity index (χ3n) is 3.59. The third kappa shape index (κ3) is 3.42. The molecule has 1 heterocycles. The van der Waals surface area contributed by atoms with Gasteiger partial charge in [0.2, 0.25) is 5.91 Å². The van der Waals surface area contributed by atoms with Crippen molar-refractivity contribution in [3.8, 4) is 0 Å². The number of ether oxygens (including phenoxy) is 1. The zero-order valence-corrected chi connectivity index (χ0v) is 13.0. The lowest BCUT2D eigenvalue weighted by molar-refractivity contribution is -0.148. The van der Waals surface area contributed by atoms with Gasteiger partial charge in [0.1, 0.15) is 6.54 Å². The Labute approximate surface area is 132 Å². The van der Waals surface area contributed by atoms with E-state index in [4.69, 9.17) is 9.84 Å². The molecule has 0 aliphatic heterocycles. The van der Waals surface area contributed by atoms with E-state index in [-0.39, 0.29) is 18.8 Å². The maximum absolute atomic E-state index is 12.4. The van der Waals surface area contributed by atoms with Gasteiger partial charge in [0.25, 0.3) is 0 Å². The van der Waals surface area contributed by atoms with Gasteiger partial charge < -0.3 is 15.2 Å². The highest BCUT2D eigenvalue weighted by atomic mass is 16.5. The van der Waals surface area contributed by atoms with E-state index in [0.717, 1.165) is 5.52 Å². The summed E-state index contributed by atoms with van der Waals surface area (Å²) in [4.78, 5) is 35.2. The zero-order chi connectivity index (χ0) is 17.0. The third-order valence-corrected chi connectivity index (χ3v) is 3.59. The van der Waals surface area contributed by atoms with Gasteiger partial charge in [-0.15, -0.1) is 0 Å². The molecule has 124 valence electrons. The molecule has 0 saturated carbocycles. The van der Waals surface area contributed by atoms with Crippen molar-refractivity contribution in [3.63, 3.8) is 0 Å². The summed E-state index contributed by atoms with van der Waals surface area (Å²) in [7, 11) is 1.25. The molecule has 1 amide bonds. The molecule has 1 aromatic carbocycles. The van der Waals surface area contributed by atoms with Gasteiger partial charge in [0, 0.05) is 13.7 Å². The molecule has 0 radical (unpaired) electrons. The molecule has 0 saturated heterocycles. The molecule has 0 aliphatic rings. The van der Waals surface area contributed by atoms with Crippen LogP contribution in [0.2, 0.25) is 0 Å². The number of carbonyl (C=O) groups excluding carboxylic acids is 1. The Balaban J connectivity index is 2.19. The molecular formula is C15H19N3O5. The number of aliphatic carboxylic acids is 1. The number of imidazole rings is 1. The second kappa shape index (κ2) is 7.10. The molecule has 23 heavy (non-hydrogen) atoms. The predicted molar refractivity (Wildman–Crippen MR) is 83.3 cm³/mol. The monoisotopic (exact) mass is 321 g/mol. The summed E-state index contributed by atoms with van der Waals surface area (Å²) in [6, 6.07) is 7.21. The van der Waals surface area contributed by atoms with Crippen molar-refractivity contribution in [3.05, 3.63) is 34.7 Å². The molecule has 1 unspecified atom stereocenters. The Hall–Kier alpha value is -2.61. The first kappa shape index (κ1) is 16.8. The first-order valence-electron chi connectivity index (χ1n) is 7.20. The van der Waals surface area contributed by atoms with Gasteiger partial charge in [-0.3, -0.25) is 13.9 Å². The van der Waals surface area contributed by atoms with Gasteiger partial charge >= 0.3 is 11.7 Å². The second-order valence-corrected chi connectivity index (χ2v) is 4.97. The van der Waals surface area contributed by atoms with Crippen molar-refractivity contribution in [1.29, 1.82) is 0 Å². The molecule has 8 heteroatoms. The van der Waals surface area contributed by atoms with Crippen LogP contribution in [0.4, 0.5) is 0 Å². The fourth-order valence-electron chi connectivity index (χ4n) is 2.41. The number of carboxylic acid groups (broad SMARTS) is 1. The number of nitrogens with one attached hydrogen (secondary N) is 1. The smallest absolute Gasteiger partial charge is 0.334 e. The number of nitrogens with zero attached hydrogens (tertiary/aromatic N) is 2. The van der Waals surface area contributed by atoms with E-state index < -0.39 is 18.0 Å². The lowest BCUT2D eigenvalue weighted by Gasteiger charge is -2.11. The molecule has 0 bridgehead atoms. The normalized spacial score (nSPS) is 12.3. The van der Waals surface area contributed by atoms with Crippen molar-refractivity contribution in [2.75, 3.05) is 13.7 Å². The number of hydrogen-bond donors (Lipinski definition) is 2. The van der Waals surface area contributed by atoms with Gasteiger partial charge in [-0.05, 0) is 19.1 Å². The Morgan fingerprint density at radius 3 is 2.39 bits per heavy atom. The Morgan fingerprint density at radius 2 is 1.87 bits per heavy atom. The SMILES string of the molecule is CCn1c(=O)n(CC(=O)NCC(OC)C(=O)O)c2ccccc21. The molecule has 8 nitrogen and oxygen atoms in total. The van der Waals surface area contributed by atoms with E-state index >= 15 is 0 Å². The number of aryl methyl sites for hydroxylation is 1. The fourth-order valence-corrected chi connectivity index (χ4v) is 2.41. The lowest BCUT2D eigenvalue weighted by atomic mass is 10.3. The molecule has 0 spiro atoms. The molecule has 0 fully saturated rings. The standard InChI is InChI=1S/C15H19N3O5/c1-3-17-10-6-4-5-7-11(10)18(15(17)22)9-13(19)16-8-12(23-2)14(20)21/h4-7,12H,3,8-9H2,1-2H3,(H,16,19)(H,20,21). The molecular weight excluding hydrogens is 302 g/mol. The van der Waals surface area contributed by atoms with Gasteiger partial charge in [0.05, 0.1) is 17.6 Å². The summed E-state index contributed by atoms with van der Waals surface area (Å²) in [6.07, 6.45) is -1.12. The molecule has 1 aromatic heterocycles. The number of amides is 1. The van der Waals surface area contributed by atoms with Crippen molar-refractivity contribution in [2.45, 2.75) is 26.1 Å². The minimum atomic E-state index is -1.16. The summed E-state index contributed by atoms with van der Waals surface area (Å²) in [6.45, 7) is 2.02. The highest BCUT2D eigenvalue weighted by molar-refractivity contribution is 5.81. The van der Waals surface area contributed by atoms with Crippen LogP contribution in [0.5, 0.6) is 0 Å². The van der Waals surface area contributed by atoms with Crippen LogP contribution >= 0.6 is 0 Å². The molecule has 1 atom stereocenters. The maximum atomic E-state index is 12.4. The second-order valence-electron chi connectivity index (χ2n) is 4.97. The first-order valence-corrected chi connectivity index (χ1v) is 7.20. The number of methoxy groups -OCH3 is 1. The number of fused-ring (bicyclic) bond motifs is 1. The Morgan fingerprint density at radius 1 is 1.26 bits per heavy atom. The van der Waals surface area contributed by atoms with Crippen molar-refractivity contribution < 1.29 is 19.4 Å². The number of carbonyl (C=O) groups is 2. The highest BCUT2D eigenvalue weighted by Gasteiger charge is 2.18. The van der Waals surface area contributed by atoms with E-state index in [1.165, 1.54) is 11.7 Å². The van der Waals surface area contributed by atoms with Crippen LogP contribution in [0.1, 0.15) is 6.92 Å². The summed E-state index contributed by atoms with van der Waals surface area (Å²) in [5, 5.41) is 11.3. The van der Waals surface area contributed by atoms with Gasteiger partial charge in [0.15, 0.2) is 6.10 Å². The van der Waals surface area contributed by atoms with E-state index in [9.17, 15) is 14.4 Å². The number of carboxylic acids is 1. The van der Waals surface area contributed by atoms with Crippen molar-refractivity contribution in [2.24, 2.45) is 0 Å². The average molecular weight is 321 g/mol. The number of hydrogen-bond acceptors (Lipinski definition) is 4. The van der Waals surface area contributed by atoms with Gasteiger partial charge in [-0.25, -0.2) is 9.59 Å². The van der Waals surface area contributed by atoms with Crippen molar-refractivity contribution >= 4 is 22.9 Å². The Bertz CT molecular complexity index is 777. The minimum Gasteiger partial charge on any atom is -0.479 e. The molecule has 0 aliphatic carbocycles. The molecule has 2 rings (SSSR count). The topological polar surface area (TPSA) is 103 Å². The zero-order valence-electron chi connectivity index (χ0n) is 13.0. The number of aromatic nitrogens is 2. The lowest BCUT2D eigenvalue weighted by Crippen LogP contribution is -2.40. The minimum absolute atomic E-state index is 0.161. The van der Waals surface area contributed by atoms with E-state index in [2.05, 4.69) is 5.32 Å². The van der Waals surface area contributed by atoms with E-state index in [1.807, 2.05) is 19.1 Å². The quantitative estimate of drug-likeness (QED) is 0.749.